The number of rotatable bonds is 3. The second kappa shape index (κ2) is 4.89. The number of anilines is 1. The molecule has 4 N–H and O–H groups in total. The maximum atomic E-state index is 6.18. The molecule has 0 saturated carbocycles. The van der Waals surface area contributed by atoms with E-state index < -0.39 is 0 Å². The van der Waals surface area contributed by atoms with E-state index in [1.165, 1.54) is 0 Å². The SMILES string of the molecule is COc1ccc(C(N)c2ccc(N)cc2)cc1. The predicted octanol–water partition coefficient (Wildman–Crippen LogP) is 2.33. The van der Waals surface area contributed by atoms with Gasteiger partial charge in [-0.1, -0.05) is 24.3 Å². The fourth-order valence-electron chi connectivity index (χ4n) is 1.71. The van der Waals surface area contributed by atoms with Crippen molar-refractivity contribution in [1.29, 1.82) is 0 Å². The number of ether oxygens (including phenoxy) is 1. The van der Waals surface area contributed by atoms with Crippen LogP contribution in [0.5, 0.6) is 5.75 Å². The Morgan fingerprint density at radius 3 is 1.82 bits per heavy atom. The number of nitrogens with two attached hydrogens (primary N) is 2. The standard InChI is InChI=1S/C14H16N2O/c1-17-13-8-4-11(5-9-13)14(16)10-2-6-12(15)7-3-10/h2-9,14H,15-16H2,1H3. The van der Waals surface area contributed by atoms with E-state index in [0.29, 0.717) is 0 Å². The molecule has 3 nitrogen and oxygen atoms in total. The lowest BCUT2D eigenvalue weighted by molar-refractivity contribution is 0.414. The monoisotopic (exact) mass is 228 g/mol. The van der Waals surface area contributed by atoms with E-state index in [0.717, 1.165) is 22.6 Å². The first-order valence-electron chi connectivity index (χ1n) is 5.45. The average Bonchev–Trinajstić information content (AvgIpc) is 2.39. The Labute approximate surface area is 101 Å². The summed E-state index contributed by atoms with van der Waals surface area (Å²) >= 11 is 0. The van der Waals surface area contributed by atoms with Crippen molar-refractivity contribution < 1.29 is 4.74 Å². The number of hydrogen-bond acceptors (Lipinski definition) is 3. The Morgan fingerprint density at radius 1 is 0.882 bits per heavy atom. The lowest BCUT2D eigenvalue weighted by Crippen LogP contribution is -2.11. The summed E-state index contributed by atoms with van der Waals surface area (Å²) in [6, 6.07) is 15.2. The summed E-state index contributed by atoms with van der Waals surface area (Å²) in [4.78, 5) is 0. The van der Waals surface area contributed by atoms with Gasteiger partial charge in [0.05, 0.1) is 13.2 Å². The molecule has 88 valence electrons. The first kappa shape index (κ1) is 11.5. The lowest BCUT2D eigenvalue weighted by Gasteiger charge is -2.13. The van der Waals surface area contributed by atoms with Crippen molar-refractivity contribution in [3.63, 3.8) is 0 Å². The van der Waals surface area contributed by atoms with E-state index in [4.69, 9.17) is 16.2 Å². The van der Waals surface area contributed by atoms with Crippen molar-refractivity contribution >= 4 is 5.69 Å². The molecule has 0 aliphatic rings. The van der Waals surface area contributed by atoms with Gasteiger partial charge < -0.3 is 16.2 Å². The van der Waals surface area contributed by atoms with Crippen LogP contribution in [0.1, 0.15) is 17.2 Å². The molecule has 0 radical (unpaired) electrons. The molecule has 0 amide bonds. The molecule has 0 fully saturated rings. The van der Waals surface area contributed by atoms with Crippen molar-refractivity contribution in [3.05, 3.63) is 59.7 Å². The van der Waals surface area contributed by atoms with Gasteiger partial charge in [0, 0.05) is 5.69 Å². The molecular formula is C14H16N2O. The minimum atomic E-state index is -0.137. The van der Waals surface area contributed by atoms with E-state index >= 15 is 0 Å². The Morgan fingerprint density at radius 2 is 1.35 bits per heavy atom. The molecule has 0 heterocycles. The Kier molecular flexibility index (Phi) is 3.30. The van der Waals surface area contributed by atoms with E-state index in [-0.39, 0.29) is 6.04 Å². The fourth-order valence-corrected chi connectivity index (χ4v) is 1.71. The molecule has 0 aliphatic heterocycles. The maximum absolute atomic E-state index is 6.18. The lowest BCUT2D eigenvalue weighted by atomic mass is 9.99. The van der Waals surface area contributed by atoms with Gasteiger partial charge in [0.2, 0.25) is 0 Å². The van der Waals surface area contributed by atoms with Gasteiger partial charge in [-0.25, -0.2) is 0 Å². The van der Waals surface area contributed by atoms with Crippen LogP contribution in [0.3, 0.4) is 0 Å². The molecule has 0 aromatic heterocycles. The van der Waals surface area contributed by atoms with Crippen LogP contribution in [0.2, 0.25) is 0 Å². The highest BCUT2D eigenvalue weighted by Gasteiger charge is 2.08. The fraction of sp³-hybridized carbons (Fsp3) is 0.143. The highest BCUT2D eigenvalue weighted by Crippen LogP contribution is 2.22. The van der Waals surface area contributed by atoms with Crippen molar-refractivity contribution in [2.75, 3.05) is 12.8 Å². The van der Waals surface area contributed by atoms with Gasteiger partial charge in [0.25, 0.3) is 0 Å². The van der Waals surface area contributed by atoms with Crippen LogP contribution in [0.15, 0.2) is 48.5 Å². The van der Waals surface area contributed by atoms with Crippen LogP contribution in [-0.4, -0.2) is 7.11 Å². The van der Waals surface area contributed by atoms with Gasteiger partial charge >= 0.3 is 0 Å². The summed E-state index contributed by atoms with van der Waals surface area (Å²) in [5.74, 6) is 0.832. The summed E-state index contributed by atoms with van der Waals surface area (Å²) in [5, 5.41) is 0. The molecule has 1 atom stereocenters. The van der Waals surface area contributed by atoms with E-state index in [1.54, 1.807) is 7.11 Å². The summed E-state index contributed by atoms with van der Waals surface area (Å²) in [6.45, 7) is 0. The zero-order chi connectivity index (χ0) is 12.3. The van der Waals surface area contributed by atoms with Crippen molar-refractivity contribution in [2.24, 2.45) is 5.73 Å². The summed E-state index contributed by atoms with van der Waals surface area (Å²) in [7, 11) is 1.65. The number of methoxy groups -OCH3 is 1. The zero-order valence-corrected chi connectivity index (χ0v) is 9.76. The number of nitrogen functional groups attached to an aromatic ring is 1. The second-order valence-electron chi connectivity index (χ2n) is 3.92. The van der Waals surface area contributed by atoms with Gasteiger partial charge in [-0.15, -0.1) is 0 Å². The van der Waals surface area contributed by atoms with Crippen LogP contribution in [0.25, 0.3) is 0 Å². The number of benzene rings is 2. The normalized spacial score (nSPS) is 12.1. The van der Waals surface area contributed by atoms with Crippen LogP contribution in [-0.2, 0) is 0 Å². The number of hydrogen-bond donors (Lipinski definition) is 2. The van der Waals surface area contributed by atoms with Gasteiger partial charge in [-0.05, 0) is 35.4 Å². The van der Waals surface area contributed by atoms with Crippen molar-refractivity contribution in [2.45, 2.75) is 6.04 Å². The summed E-state index contributed by atoms with van der Waals surface area (Å²) < 4.78 is 5.11. The predicted molar refractivity (Wildman–Crippen MR) is 69.9 cm³/mol. The molecule has 1 unspecified atom stereocenters. The Bertz CT molecular complexity index is 477. The summed E-state index contributed by atoms with van der Waals surface area (Å²) in [6.07, 6.45) is 0. The third kappa shape index (κ3) is 2.57. The summed E-state index contributed by atoms with van der Waals surface area (Å²) in [5.41, 5.74) is 14.7. The molecule has 0 saturated heterocycles. The molecular weight excluding hydrogens is 212 g/mol. The van der Waals surface area contributed by atoms with Gasteiger partial charge in [0.1, 0.15) is 5.75 Å². The largest absolute Gasteiger partial charge is 0.497 e. The Hall–Kier alpha value is -2.00. The first-order chi connectivity index (χ1) is 8.20. The minimum Gasteiger partial charge on any atom is -0.497 e. The molecule has 17 heavy (non-hydrogen) atoms. The third-order valence-electron chi connectivity index (χ3n) is 2.77. The highest BCUT2D eigenvalue weighted by molar-refractivity contribution is 5.42. The molecule has 3 heteroatoms. The van der Waals surface area contributed by atoms with E-state index in [2.05, 4.69) is 0 Å². The molecule has 0 spiro atoms. The molecule has 2 aromatic rings. The molecule has 0 bridgehead atoms. The average molecular weight is 228 g/mol. The Balaban J connectivity index is 2.23. The van der Waals surface area contributed by atoms with Gasteiger partial charge in [0.15, 0.2) is 0 Å². The van der Waals surface area contributed by atoms with E-state index in [9.17, 15) is 0 Å². The topological polar surface area (TPSA) is 61.3 Å². The van der Waals surface area contributed by atoms with Crippen molar-refractivity contribution in [1.82, 2.24) is 0 Å². The smallest absolute Gasteiger partial charge is 0.118 e. The van der Waals surface area contributed by atoms with Crippen LogP contribution < -0.4 is 16.2 Å². The molecule has 2 rings (SSSR count). The van der Waals surface area contributed by atoms with Crippen LogP contribution >= 0.6 is 0 Å². The first-order valence-corrected chi connectivity index (χ1v) is 5.45. The quantitative estimate of drug-likeness (QED) is 0.792. The van der Waals surface area contributed by atoms with Crippen molar-refractivity contribution in [3.8, 4) is 5.75 Å². The molecule has 2 aromatic carbocycles. The van der Waals surface area contributed by atoms with Gasteiger partial charge in [-0.2, -0.15) is 0 Å². The maximum Gasteiger partial charge on any atom is 0.118 e. The van der Waals surface area contributed by atoms with Gasteiger partial charge in [-0.3, -0.25) is 0 Å². The second-order valence-corrected chi connectivity index (χ2v) is 3.92. The minimum absolute atomic E-state index is 0.137. The zero-order valence-electron chi connectivity index (χ0n) is 9.76. The molecule has 0 aliphatic carbocycles. The van der Waals surface area contributed by atoms with E-state index in [1.807, 2.05) is 48.5 Å². The highest BCUT2D eigenvalue weighted by atomic mass is 16.5. The van der Waals surface area contributed by atoms with Crippen LogP contribution in [0, 0.1) is 0 Å². The van der Waals surface area contributed by atoms with Crippen LogP contribution in [0.4, 0.5) is 5.69 Å². The third-order valence-corrected chi connectivity index (χ3v) is 2.77.